The number of esters is 1. The van der Waals surface area contributed by atoms with Crippen molar-refractivity contribution in [2.75, 3.05) is 13.1 Å². The molecule has 2 aliphatic rings. The molecule has 0 aromatic carbocycles. The summed E-state index contributed by atoms with van der Waals surface area (Å²) < 4.78 is 10.9. The van der Waals surface area contributed by atoms with Crippen molar-refractivity contribution >= 4 is 12.1 Å². The van der Waals surface area contributed by atoms with Crippen molar-refractivity contribution < 1.29 is 19.1 Å². The molecule has 0 radical (unpaired) electrons. The van der Waals surface area contributed by atoms with Crippen LogP contribution in [0.25, 0.3) is 0 Å². The Morgan fingerprint density at radius 3 is 1.91 bits per heavy atom. The van der Waals surface area contributed by atoms with E-state index >= 15 is 0 Å². The van der Waals surface area contributed by atoms with Crippen molar-refractivity contribution in [3.63, 3.8) is 0 Å². The average Bonchev–Trinajstić information content (AvgIpc) is 3.15. The number of piperidine rings is 1. The molecule has 5 nitrogen and oxygen atoms in total. The molecule has 2 rings (SSSR count). The molecular weight excluding hydrogens is 294 g/mol. The van der Waals surface area contributed by atoms with E-state index in [-0.39, 0.29) is 18.0 Å². The number of likely N-dealkylation sites (tertiary alicyclic amines) is 1. The zero-order valence-electron chi connectivity index (χ0n) is 15.3. The van der Waals surface area contributed by atoms with Crippen LogP contribution in [0.15, 0.2) is 0 Å². The summed E-state index contributed by atoms with van der Waals surface area (Å²) in [6.45, 7) is 12.8. The number of carbonyl (C=O) groups is 2. The minimum Gasteiger partial charge on any atom is -0.460 e. The lowest BCUT2D eigenvalue weighted by atomic mass is 9.91. The van der Waals surface area contributed by atoms with Gasteiger partial charge in [-0.25, -0.2) is 4.79 Å². The van der Waals surface area contributed by atoms with Gasteiger partial charge in [-0.2, -0.15) is 0 Å². The van der Waals surface area contributed by atoms with Crippen LogP contribution in [0.5, 0.6) is 0 Å². The summed E-state index contributed by atoms with van der Waals surface area (Å²) in [4.78, 5) is 25.9. The molecule has 23 heavy (non-hydrogen) atoms. The summed E-state index contributed by atoms with van der Waals surface area (Å²) in [6.07, 6.45) is 2.61. The SMILES string of the molecule is CC(C)(C)OC(=O)[C@H]1C[C@@H]1C1CCN(C(=O)OC(C)(C)C)CC1. The van der Waals surface area contributed by atoms with E-state index in [1.165, 1.54) is 0 Å². The topological polar surface area (TPSA) is 55.8 Å². The van der Waals surface area contributed by atoms with Gasteiger partial charge in [-0.3, -0.25) is 4.79 Å². The number of hydrogen-bond acceptors (Lipinski definition) is 4. The first-order valence-corrected chi connectivity index (χ1v) is 8.67. The minimum absolute atomic E-state index is 0.0583. The minimum atomic E-state index is -0.452. The van der Waals surface area contributed by atoms with Crippen LogP contribution < -0.4 is 0 Å². The van der Waals surface area contributed by atoms with Gasteiger partial charge in [0.25, 0.3) is 0 Å². The molecule has 0 aromatic heterocycles. The Kier molecular flexibility index (Phi) is 4.97. The molecule has 0 N–H and O–H groups in total. The third-order valence-electron chi connectivity index (χ3n) is 4.35. The predicted octanol–water partition coefficient (Wildman–Crippen LogP) is 3.61. The van der Waals surface area contributed by atoms with Gasteiger partial charge in [0.05, 0.1) is 5.92 Å². The highest BCUT2D eigenvalue weighted by Gasteiger charge is 2.50. The van der Waals surface area contributed by atoms with Crippen molar-refractivity contribution in [2.24, 2.45) is 17.8 Å². The number of carbonyl (C=O) groups excluding carboxylic acids is 2. The number of ether oxygens (including phenoxy) is 2. The molecule has 1 saturated heterocycles. The van der Waals surface area contributed by atoms with Crippen LogP contribution in [-0.4, -0.2) is 41.3 Å². The maximum absolute atomic E-state index is 12.1. The van der Waals surface area contributed by atoms with Crippen molar-refractivity contribution in [1.29, 1.82) is 0 Å². The largest absolute Gasteiger partial charge is 0.460 e. The van der Waals surface area contributed by atoms with Crippen molar-refractivity contribution in [1.82, 2.24) is 4.90 Å². The number of amides is 1. The molecule has 1 amide bonds. The Balaban J connectivity index is 1.76. The van der Waals surface area contributed by atoms with Gasteiger partial charge >= 0.3 is 12.1 Å². The zero-order valence-corrected chi connectivity index (χ0v) is 15.3. The predicted molar refractivity (Wildman–Crippen MR) is 88.0 cm³/mol. The third-order valence-corrected chi connectivity index (χ3v) is 4.35. The molecule has 2 atom stereocenters. The van der Waals surface area contributed by atoms with E-state index in [0.29, 0.717) is 11.8 Å². The first-order valence-electron chi connectivity index (χ1n) is 8.67. The molecule has 2 fully saturated rings. The van der Waals surface area contributed by atoms with Crippen LogP contribution in [0.2, 0.25) is 0 Å². The first-order chi connectivity index (χ1) is 10.5. The maximum atomic E-state index is 12.1. The molecule has 1 saturated carbocycles. The number of hydrogen-bond donors (Lipinski definition) is 0. The van der Waals surface area contributed by atoms with Crippen molar-refractivity contribution in [3.05, 3.63) is 0 Å². The quantitative estimate of drug-likeness (QED) is 0.728. The lowest BCUT2D eigenvalue weighted by Gasteiger charge is -2.33. The fourth-order valence-electron chi connectivity index (χ4n) is 3.22. The van der Waals surface area contributed by atoms with Crippen molar-refractivity contribution in [3.8, 4) is 0 Å². The molecule has 0 bridgehead atoms. The van der Waals surface area contributed by atoms with Crippen LogP contribution in [0, 0.1) is 17.8 Å². The summed E-state index contributed by atoms with van der Waals surface area (Å²) in [7, 11) is 0. The van der Waals surface area contributed by atoms with Gasteiger partial charge in [0.1, 0.15) is 11.2 Å². The highest BCUT2D eigenvalue weighted by Crippen LogP contribution is 2.49. The monoisotopic (exact) mass is 325 g/mol. The molecule has 1 aliphatic carbocycles. The van der Waals surface area contributed by atoms with E-state index in [9.17, 15) is 9.59 Å². The fraction of sp³-hybridized carbons (Fsp3) is 0.889. The molecule has 0 aromatic rings. The van der Waals surface area contributed by atoms with Crippen LogP contribution in [0.3, 0.4) is 0 Å². The van der Waals surface area contributed by atoms with Crippen LogP contribution in [0.4, 0.5) is 4.79 Å². The van der Waals surface area contributed by atoms with Crippen LogP contribution in [0.1, 0.15) is 60.8 Å². The fourth-order valence-corrected chi connectivity index (χ4v) is 3.22. The van der Waals surface area contributed by atoms with E-state index in [0.717, 1.165) is 32.4 Å². The summed E-state index contributed by atoms with van der Waals surface area (Å²) in [5, 5.41) is 0. The molecule has 132 valence electrons. The second-order valence-corrected chi connectivity index (χ2v) is 8.84. The molecule has 1 heterocycles. The lowest BCUT2D eigenvalue weighted by molar-refractivity contribution is -0.157. The summed E-state index contributed by atoms with van der Waals surface area (Å²) in [5.74, 6) is 0.959. The molecule has 1 aliphatic heterocycles. The Labute approximate surface area is 139 Å². The van der Waals surface area contributed by atoms with Gasteiger partial charge in [-0.1, -0.05) is 0 Å². The Morgan fingerprint density at radius 2 is 1.43 bits per heavy atom. The van der Waals surface area contributed by atoms with E-state index in [2.05, 4.69) is 0 Å². The Morgan fingerprint density at radius 1 is 0.913 bits per heavy atom. The highest BCUT2D eigenvalue weighted by molar-refractivity contribution is 5.76. The molecule has 0 spiro atoms. The third kappa shape index (κ3) is 5.40. The van der Waals surface area contributed by atoms with Gasteiger partial charge < -0.3 is 14.4 Å². The van der Waals surface area contributed by atoms with Gasteiger partial charge in [-0.05, 0) is 72.6 Å². The Hall–Kier alpha value is -1.26. The second-order valence-electron chi connectivity index (χ2n) is 8.84. The van der Waals surface area contributed by atoms with E-state index in [1.54, 1.807) is 4.90 Å². The van der Waals surface area contributed by atoms with E-state index < -0.39 is 11.2 Å². The molecule has 0 unspecified atom stereocenters. The van der Waals surface area contributed by atoms with Crippen molar-refractivity contribution in [2.45, 2.75) is 72.0 Å². The second kappa shape index (κ2) is 6.33. The zero-order chi connectivity index (χ0) is 17.4. The lowest BCUT2D eigenvalue weighted by Crippen LogP contribution is -2.42. The molecular formula is C18H31NO4. The van der Waals surface area contributed by atoms with E-state index in [4.69, 9.17) is 9.47 Å². The smallest absolute Gasteiger partial charge is 0.410 e. The highest BCUT2D eigenvalue weighted by atomic mass is 16.6. The van der Waals surface area contributed by atoms with Gasteiger partial charge in [0.2, 0.25) is 0 Å². The van der Waals surface area contributed by atoms with Crippen LogP contribution >= 0.6 is 0 Å². The summed E-state index contributed by atoms with van der Waals surface area (Å²) in [6, 6.07) is 0. The molecule has 5 heteroatoms. The standard InChI is InChI=1S/C18H31NO4/c1-17(2,3)22-15(20)14-11-13(14)12-7-9-19(10-8-12)16(21)23-18(4,5)6/h12-14H,7-11H2,1-6H3/t13-,14+/m1/s1. The normalized spacial score (nSPS) is 25.9. The summed E-state index contributed by atoms with van der Waals surface area (Å²) in [5.41, 5.74) is -0.865. The number of nitrogens with zero attached hydrogens (tertiary/aromatic N) is 1. The van der Waals surface area contributed by atoms with E-state index in [1.807, 2.05) is 41.5 Å². The number of rotatable bonds is 2. The van der Waals surface area contributed by atoms with Gasteiger partial charge in [0.15, 0.2) is 0 Å². The summed E-state index contributed by atoms with van der Waals surface area (Å²) >= 11 is 0. The van der Waals surface area contributed by atoms with Gasteiger partial charge in [-0.15, -0.1) is 0 Å². The Bertz CT molecular complexity index is 453. The van der Waals surface area contributed by atoms with Gasteiger partial charge in [0, 0.05) is 13.1 Å². The maximum Gasteiger partial charge on any atom is 0.410 e. The van der Waals surface area contributed by atoms with Crippen LogP contribution in [-0.2, 0) is 14.3 Å². The average molecular weight is 325 g/mol. The first kappa shape index (κ1) is 18.1.